The first-order valence-corrected chi connectivity index (χ1v) is 39.6. The molecule has 0 unspecified atom stereocenters. The predicted molar refractivity (Wildman–Crippen MR) is 322 cm³/mol. The third-order valence-corrected chi connectivity index (χ3v) is 23.0. The van der Waals surface area contributed by atoms with Crippen LogP contribution in [0.3, 0.4) is 0 Å². The van der Waals surface area contributed by atoms with Crippen LogP contribution < -0.4 is 30.5 Å². The van der Waals surface area contributed by atoms with E-state index in [0.717, 1.165) is 67.2 Å². The zero-order chi connectivity index (χ0) is 52.8. The van der Waals surface area contributed by atoms with Crippen molar-refractivity contribution < 1.29 is 17.6 Å². The van der Waals surface area contributed by atoms with E-state index in [4.69, 9.17) is 0 Å². The van der Waals surface area contributed by atoms with Gasteiger partial charge in [-0.1, -0.05) is 209 Å². The highest BCUT2D eigenvalue weighted by atomic mass is 28.3. The third kappa shape index (κ3) is 9.46. The molecule has 374 valence electrons. The van der Waals surface area contributed by atoms with Crippen LogP contribution in [-0.2, 0) is 0 Å². The number of benzene rings is 10. The quantitative estimate of drug-likeness (QED) is 0.0683. The smallest absolute Gasteiger partial charge is 0.150 e. The number of rotatable bonds is 12. The molecule has 0 radical (unpaired) electrons. The Labute approximate surface area is 438 Å². The van der Waals surface area contributed by atoms with Crippen molar-refractivity contribution in [2.75, 3.05) is 9.80 Å². The Balaban J connectivity index is 1.25. The summed E-state index contributed by atoms with van der Waals surface area (Å²) in [6.45, 7) is 27.5. The van der Waals surface area contributed by atoms with E-state index < -0.39 is 55.6 Å². The number of nitrogens with zero attached hydrogens (tertiary/aromatic N) is 2. The third-order valence-electron chi connectivity index (χ3n) is 14.7. The van der Waals surface area contributed by atoms with Crippen molar-refractivity contribution in [2.45, 2.75) is 78.6 Å². The monoisotopic (exact) mass is 1050 g/mol. The number of anilines is 6. The summed E-state index contributed by atoms with van der Waals surface area (Å²) in [5.41, 5.74) is 5.70. The molecule has 0 N–H and O–H groups in total. The van der Waals surface area contributed by atoms with Gasteiger partial charge in [0.2, 0.25) is 0 Å². The lowest BCUT2D eigenvalue weighted by molar-refractivity contribution is 0.584. The van der Waals surface area contributed by atoms with Crippen LogP contribution in [0, 0.1) is 23.3 Å². The minimum absolute atomic E-state index is 0.244. The molecule has 10 rings (SSSR count). The van der Waals surface area contributed by atoms with E-state index in [1.165, 1.54) is 32.9 Å². The number of hydrogen-bond donors (Lipinski definition) is 0. The van der Waals surface area contributed by atoms with E-state index in [1.54, 1.807) is 0 Å². The van der Waals surface area contributed by atoms with Crippen LogP contribution in [0.5, 0.6) is 0 Å². The molecule has 0 fully saturated rings. The van der Waals surface area contributed by atoms with Crippen LogP contribution in [0.1, 0.15) is 0 Å². The molecule has 0 amide bonds. The summed E-state index contributed by atoms with van der Waals surface area (Å²) in [6.07, 6.45) is 0. The molecule has 10 aromatic rings. The molecule has 0 atom stereocenters. The van der Waals surface area contributed by atoms with Gasteiger partial charge in [0.05, 0.1) is 55.0 Å². The largest absolute Gasteiger partial charge is 0.307 e. The normalized spacial score (nSPS) is 12.6. The molecule has 0 heterocycles. The van der Waals surface area contributed by atoms with Gasteiger partial charge >= 0.3 is 0 Å². The van der Waals surface area contributed by atoms with Gasteiger partial charge in [-0.25, -0.2) is 17.6 Å². The summed E-state index contributed by atoms with van der Waals surface area (Å²) in [4.78, 5) is 3.91. The maximum atomic E-state index is 17.3. The summed E-state index contributed by atoms with van der Waals surface area (Å²) >= 11 is 0. The van der Waals surface area contributed by atoms with Gasteiger partial charge in [0, 0.05) is 45.4 Å². The molecule has 74 heavy (non-hydrogen) atoms. The van der Waals surface area contributed by atoms with Crippen LogP contribution in [-0.4, -0.2) is 32.3 Å². The van der Waals surface area contributed by atoms with Crippen molar-refractivity contribution in [3.8, 4) is 22.3 Å². The van der Waals surface area contributed by atoms with Crippen molar-refractivity contribution in [3.63, 3.8) is 0 Å². The lowest BCUT2D eigenvalue weighted by atomic mass is 9.91. The first kappa shape index (κ1) is 50.9. The SMILES string of the molecule is C[Si](C)(C)c1ccc(-c2cc(F)cc(F)c2N(c2ccc([Si](C)(C)C)cc2)c2ccc3ccc4c(N(c5ccc([Si](C)(C)C)cc5)c5c(F)cc(F)cc5-c5ccc([Si](C)(C)C)cc5)ccc5ccc2c3c54)cc1. The molecule has 0 aliphatic rings. The zero-order valence-electron chi connectivity index (χ0n) is 44.6. The highest BCUT2D eigenvalue weighted by Gasteiger charge is 2.30. The second kappa shape index (κ2) is 18.7. The van der Waals surface area contributed by atoms with Gasteiger partial charge in [-0.05, 0) is 81.2 Å². The maximum Gasteiger partial charge on any atom is 0.150 e. The molecule has 10 aromatic carbocycles. The molecular weight excluding hydrogens is 985 g/mol. The molecule has 0 aromatic heterocycles. The summed E-state index contributed by atoms with van der Waals surface area (Å²) in [5, 5.41) is 10.6. The van der Waals surface area contributed by atoms with Crippen molar-refractivity contribution in [1.29, 1.82) is 0 Å². The Morgan fingerprint density at radius 1 is 0.311 bits per heavy atom. The van der Waals surface area contributed by atoms with Crippen molar-refractivity contribution in [1.82, 2.24) is 0 Å². The second-order valence-electron chi connectivity index (χ2n) is 24.1. The van der Waals surface area contributed by atoms with E-state index in [0.29, 0.717) is 22.3 Å². The highest BCUT2D eigenvalue weighted by molar-refractivity contribution is 6.90. The Morgan fingerprint density at radius 3 is 0.892 bits per heavy atom. The van der Waals surface area contributed by atoms with E-state index in [1.807, 2.05) is 46.2 Å². The van der Waals surface area contributed by atoms with Crippen molar-refractivity contribution >= 4 is 119 Å². The molecular formula is C64H64F4N2Si4. The van der Waals surface area contributed by atoms with Crippen LogP contribution in [0.25, 0.3) is 54.6 Å². The molecule has 0 saturated heterocycles. The van der Waals surface area contributed by atoms with Crippen LogP contribution >= 0.6 is 0 Å². The van der Waals surface area contributed by atoms with Crippen LogP contribution in [0.15, 0.2) is 170 Å². The van der Waals surface area contributed by atoms with Crippen molar-refractivity contribution in [2.24, 2.45) is 0 Å². The maximum absolute atomic E-state index is 17.3. The molecule has 10 heteroatoms. The Hall–Kier alpha value is -6.57. The predicted octanol–water partition coefficient (Wildman–Crippen LogP) is 17.6. The fraction of sp³-hybridized carbons (Fsp3) is 0.188. The van der Waals surface area contributed by atoms with E-state index in [9.17, 15) is 0 Å². The van der Waals surface area contributed by atoms with Gasteiger partial charge in [-0.2, -0.15) is 0 Å². The standard InChI is InChI=1S/C64H64F4N2Si4/c1-71(2,3)49-25-13-41(14-26-49)55-37-45(65)39-57(67)63(55)69(47-21-29-51(30-22-47)73(7,8)9)59-35-19-43-18-34-54-60(36-20-44-17-33-53(59)61(43)62(44)54)70(48-23-31-52(32-24-48)74(10,11)12)64-56(38-46(66)40-58(64)68)42-15-27-50(28-16-42)72(4,5)6/h13-40H,1-12H3. The lowest BCUT2D eigenvalue weighted by Gasteiger charge is -2.32. The Kier molecular flexibility index (Phi) is 12.8. The summed E-state index contributed by atoms with van der Waals surface area (Å²) in [7, 11) is -6.84. The molecule has 0 aliphatic carbocycles. The molecule has 0 aliphatic heterocycles. The second-order valence-corrected chi connectivity index (χ2v) is 44.4. The fourth-order valence-electron chi connectivity index (χ4n) is 10.5. The Bertz CT molecular complexity index is 3490. The van der Waals surface area contributed by atoms with E-state index in [-0.39, 0.29) is 11.4 Å². The van der Waals surface area contributed by atoms with Gasteiger partial charge < -0.3 is 9.80 Å². The first-order valence-electron chi connectivity index (χ1n) is 25.6. The van der Waals surface area contributed by atoms with Gasteiger partial charge in [-0.3, -0.25) is 0 Å². The first-order chi connectivity index (χ1) is 34.9. The summed E-state index contributed by atoms with van der Waals surface area (Å²) in [5.74, 6) is -2.67. The minimum Gasteiger partial charge on any atom is -0.307 e. The van der Waals surface area contributed by atoms with Gasteiger partial charge in [0.25, 0.3) is 0 Å². The van der Waals surface area contributed by atoms with Gasteiger partial charge in [0.1, 0.15) is 11.6 Å². The molecule has 2 nitrogen and oxygen atoms in total. The van der Waals surface area contributed by atoms with Crippen LogP contribution in [0.2, 0.25) is 78.6 Å². The lowest BCUT2D eigenvalue weighted by Crippen LogP contribution is -2.37. The average Bonchev–Trinajstić information content (AvgIpc) is 3.34. The molecule has 0 saturated carbocycles. The summed E-state index contributed by atoms with van der Waals surface area (Å²) in [6, 6.07) is 54.7. The Morgan fingerprint density at radius 2 is 0.595 bits per heavy atom. The van der Waals surface area contributed by atoms with E-state index in [2.05, 4.69) is 188 Å². The average molecular weight is 1050 g/mol. The summed E-state index contributed by atoms with van der Waals surface area (Å²) < 4.78 is 65.9. The fourth-order valence-corrected chi connectivity index (χ4v) is 15.2. The van der Waals surface area contributed by atoms with Gasteiger partial charge in [-0.15, -0.1) is 0 Å². The highest BCUT2D eigenvalue weighted by Crippen LogP contribution is 2.51. The van der Waals surface area contributed by atoms with Gasteiger partial charge in [0.15, 0.2) is 11.6 Å². The topological polar surface area (TPSA) is 6.48 Å². The van der Waals surface area contributed by atoms with Crippen molar-refractivity contribution in [3.05, 3.63) is 193 Å². The molecule has 0 bridgehead atoms. The molecule has 0 spiro atoms. The van der Waals surface area contributed by atoms with Crippen LogP contribution in [0.4, 0.5) is 51.7 Å². The number of halogens is 4. The van der Waals surface area contributed by atoms with E-state index >= 15 is 17.6 Å². The zero-order valence-corrected chi connectivity index (χ0v) is 48.6. The minimum atomic E-state index is -1.74. The number of hydrogen-bond acceptors (Lipinski definition) is 2.